The number of nitrogens with zero attached hydrogens (tertiary/aromatic N) is 6. The Morgan fingerprint density at radius 3 is 2.52 bits per heavy atom. The van der Waals surface area contributed by atoms with E-state index in [1.165, 1.54) is 18.1 Å². The predicted octanol–water partition coefficient (Wildman–Crippen LogP) is 4.33. The number of hydrogen-bond acceptors (Lipinski definition) is 8. The smallest absolute Gasteiger partial charge is 0.434 e. The Morgan fingerprint density at radius 1 is 1.07 bits per heavy atom. The molecule has 5 heterocycles. The quantitative estimate of drug-likeness (QED) is 0.405. The maximum absolute atomic E-state index is 15.4. The summed E-state index contributed by atoms with van der Waals surface area (Å²) in [5.74, 6) is -0.453. The molecule has 0 saturated carbocycles. The van der Waals surface area contributed by atoms with Gasteiger partial charge in [-0.1, -0.05) is 6.92 Å². The summed E-state index contributed by atoms with van der Waals surface area (Å²) in [6, 6.07) is 5.59. The van der Waals surface area contributed by atoms with Gasteiger partial charge in [-0.2, -0.15) is 13.2 Å². The highest BCUT2D eigenvalue weighted by atomic mass is 19.4. The molecule has 238 valence electrons. The fourth-order valence-electron chi connectivity index (χ4n) is 6.25. The number of methoxy groups -OCH3 is 1. The summed E-state index contributed by atoms with van der Waals surface area (Å²) >= 11 is 0. The Balaban J connectivity index is 1.42. The minimum absolute atomic E-state index is 0.152. The van der Waals surface area contributed by atoms with Crippen LogP contribution in [0, 0.1) is 0 Å². The van der Waals surface area contributed by atoms with E-state index < -0.39 is 35.6 Å². The van der Waals surface area contributed by atoms with Crippen molar-refractivity contribution in [1.82, 2.24) is 29.6 Å². The number of halogens is 4. The standard InChI is InChI=1S/C31H38F4N6O3/c1-5-20-16-39(30(42)23-10-12-27(43-4)37-28(23)31(33,34)35)14-15-40(20)21-9-11-25(22-8-7-13-36-29(22)44-6-2)41(17-21)26-19-38(3)18-24(26)32/h7-13,20,24,26H,5-6,14-19H2,1-4H3/t20-,24-,26+/m1/s1. The van der Waals surface area contributed by atoms with Crippen molar-refractivity contribution in [2.24, 2.45) is 0 Å². The van der Waals surface area contributed by atoms with Gasteiger partial charge in [0.2, 0.25) is 11.8 Å². The number of piperazine rings is 1. The molecule has 0 aliphatic carbocycles. The van der Waals surface area contributed by atoms with Crippen LogP contribution in [0.15, 0.2) is 48.3 Å². The third-order valence-electron chi connectivity index (χ3n) is 8.39. The van der Waals surface area contributed by atoms with Gasteiger partial charge >= 0.3 is 6.18 Å². The molecule has 13 heteroatoms. The van der Waals surface area contributed by atoms with Crippen LogP contribution in [-0.4, -0.2) is 114 Å². The molecule has 2 aromatic rings. The van der Waals surface area contributed by atoms with Crippen LogP contribution >= 0.6 is 0 Å². The van der Waals surface area contributed by atoms with E-state index in [9.17, 15) is 18.0 Å². The molecule has 3 aliphatic rings. The highest BCUT2D eigenvalue weighted by molar-refractivity contribution is 5.95. The first-order chi connectivity index (χ1) is 21.0. The van der Waals surface area contributed by atoms with Crippen LogP contribution in [0.25, 0.3) is 5.70 Å². The van der Waals surface area contributed by atoms with Gasteiger partial charge in [0.15, 0.2) is 5.69 Å². The number of rotatable bonds is 8. The number of carbonyl (C=O) groups is 1. The number of likely N-dealkylation sites (N-methyl/N-ethyl adjacent to an activating group) is 1. The first-order valence-electron chi connectivity index (χ1n) is 14.8. The molecule has 0 aromatic carbocycles. The van der Waals surface area contributed by atoms with Gasteiger partial charge in [-0.3, -0.25) is 4.79 Å². The minimum Gasteiger partial charge on any atom is -0.481 e. The number of carbonyl (C=O) groups excluding carboxylic acids is 1. The van der Waals surface area contributed by atoms with Crippen LogP contribution in [0.1, 0.15) is 41.9 Å². The number of allylic oxidation sites excluding steroid dienone is 2. The van der Waals surface area contributed by atoms with Crippen LogP contribution in [0.3, 0.4) is 0 Å². The second-order valence-electron chi connectivity index (χ2n) is 11.2. The molecule has 2 saturated heterocycles. The lowest BCUT2D eigenvalue weighted by atomic mass is 10.0. The molecule has 3 atom stereocenters. The Hall–Kier alpha value is -3.87. The molecule has 9 nitrogen and oxygen atoms in total. The number of likely N-dealkylation sites (tertiary alicyclic amines) is 1. The molecule has 44 heavy (non-hydrogen) atoms. The molecular weight excluding hydrogens is 580 g/mol. The summed E-state index contributed by atoms with van der Waals surface area (Å²) in [6.45, 7) is 6.49. The number of alkyl halides is 4. The van der Waals surface area contributed by atoms with Crippen LogP contribution in [0.4, 0.5) is 17.6 Å². The molecule has 5 rings (SSSR count). The lowest BCUT2D eigenvalue weighted by Crippen LogP contribution is -2.56. The molecule has 0 unspecified atom stereocenters. The maximum Gasteiger partial charge on any atom is 0.434 e. The molecule has 2 fully saturated rings. The number of amides is 1. The van der Waals surface area contributed by atoms with Crippen molar-refractivity contribution in [3.05, 3.63) is 65.1 Å². The third kappa shape index (κ3) is 6.33. The lowest BCUT2D eigenvalue weighted by Gasteiger charge is -2.46. The second kappa shape index (κ2) is 13.0. The van der Waals surface area contributed by atoms with Gasteiger partial charge in [-0.15, -0.1) is 0 Å². The van der Waals surface area contributed by atoms with Crippen molar-refractivity contribution in [1.29, 1.82) is 0 Å². The second-order valence-corrected chi connectivity index (χ2v) is 11.2. The third-order valence-corrected chi connectivity index (χ3v) is 8.39. The van der Waals surface area contributed by atoms with Crippen molar-refractivity contribution < 1.29 is 31.8 Å². The number of hydrogen-bond donors (Lipinski definition) is 0. The van der Waals surface area contributed by atoms with Gasteiger partial charge in [0.05, 0.1) is 43.1 Å². The predicted molar refractivity (Wildman–Crippen MR) is 157 cm³/mol. The van der Waals surface area contributed by atoms with Gasteiger partial charge in [-0.05, 0) is 50.7 Å². The average Bonchev–Trinajstić information content (AvgIpc) is 3.37. The van der Waals surface area contributed by atoms with Gasteiger partial charge < -0.3 is 29.1 Å². The molecular formula is C31H38F4N6O3. The molecule has 0 radical (unpaired) electrons. The van der Waals surface area contributed by atoms with Crippen LogP contribution in [0.5, 0.6) is 11.8 Å². The summed E-state index contributed by atoms with van der Waals surface area (Å²) in [7, 11) is 3.12. The van der Waals surface area contributed by atoms with Crippen molar-refractivity contribution in [2.75, 3.05) is 60.0 Å². The Morgan fingerprint density at radius 2 is 1.86 bits per heavy atom. The van der Waals surface area contributed by atoms with Crippen LogP contribution < -0.4 is 9.47 Å². The van der Waals surface area contributed by atoms with Crippen molar-refractivity contribution >= 4 is 11.6 Å². The van der Waals surface area contributed by atoms with E-state index in [0.717, 1.165) is 23.0 Å². The molecule has 0 spiro atoms. The first kappa shape index (κ1) is 31.6. The van der Waals surface area contributed by atoms with E-state index in [4.69, 9.17) is 9.47 Å². The van der Waals surface area contributed by atoms with Crippen molar-refractivity contribution in [3.8, 4) is 11.8 Å². The normalized spacial score (nSPS) is 23.0. The monoisotopic (exact) mass is 618 g/mol. The van der Waals surface area contributed by atoms with E-state index in [1.54, 1.807) is 6.20 Å². The van der Waals surface area contributed by atoms with Gasteiger partial charge in [-0.25, -0.2) is 14.4 Å². The van der Waals surface area contributed by atoms with E-state index in [1.807, 2.05) is 50.1 Å². The van der Waals surface area contributed by atoms with Crippen molar-refractivity contribution in [3.63, 3.8) is 0 Å². The zero-order valence-corrected chi connectivity index (χ0v) is 25.4. The molecule has 3 aliphatic heterocycles. The van der Waals surface area contributed by atoms with Crippen molar-refractivity contribution in [2.45, 2.75) is 44.7 Å². The largest absolute Gasteiger partial charge is 0.481 e. The maximum atomic E-state index is 15.4. The Kier molecular flexibility index (Phi) is 9.33. The van der Waals surface area contributed by atoms with E-state index in [2.05, 4.69) is 19.8 Å². The number of ether oxygens (including phenoxy) is 2. The molecule has 0 N–H and O–H groups in total. The highest BCUT2D eigenvalue weighted by Crippen LogP contribution is 2.37. The molecule has 2 aromatic heterocycles. The fourth-order valence-corrected chi connectivity index (χ4v) is 6.25. The summed E-state index contributed by atoms with van der Waals surface area (Å²) in [6.07, 6.45) is 0.413. The minimum atomic E-state index is -4.81. The van der Waals surface area contributed by atoms with Gasteiger partial charge in [0.25, 0.3) is 5.91 Å². The summed E-state index contributed by atoms with van der Waals surface area (Å²) in [5, 5.41) is 0. The summed E-state index contributed by atoms with van der Waals surface area (Å²) in [5.41, 5.74) is 0.797. The first-order valence-corrected chi connectivity index (χ1v) is 14.8. The SMILES string of the molecule is CCOc1ncccc1C1=CC=C(N2CCN(C(=O)c3ccc(OC)nc3C(F)(F)F)C[C@H]2CC)CN1[C@H]1CN(C)C[C@H]1F. The van der Waals surface area contributed by atoms with Crippen LogP contribution in [0.2, 0.25) is 0 Å². The van der Waals surface area contributed by atoms with Gasteiger partial charge in [0.1, 0.15) is 6.17 Å². The fraction of sp³-hybridized carbons (Fsp3) is 0.516. The van der Waals surface area contributed by atoms with E-state index >= 15 is 4.39 Å². The highest BCUT2D eigenvalue weighted by Gasteiger charge is 2.42. The number of aromatic nitrogens is 2. The average molecular weight is 619 g/mol. The molecule has 0 bridgehead atoms. The van der Waals surface area contributed by atoms with Gasteiger partial charge in [0, 0.05) is 56.7 Å². The Labute approximate surface area is 254 Å². The topological polar surface area (TPSA) is 74.3 Å². The van der Waals surface area contributed by atoms with E-state index in [-0.39, 0.29) is 25.0 Å². The zero-order valence-electron chi connectivity index (χ0n) is 25.4. The Bertz CT molecular complexity index is 1420. The lowest BCUT2D eigenvalue weighted by molar-refractivity contribution is -0.141. The summed E-state index contributed by atoms with van der Waals surface area (Å²) < 4.78 is 67.5. The van der Waals surface area contributed by atoms with E-state index in [0.29, 0.717) is 45.1 Å². The molecule has 1 amide bonds. The number of pyridine rings is 2. The zero-order chi connectivity index (χ0) is 31.6. The summed E-state index contributed by atoms with van der Waals surface area (Å²) in [4.78, 5) is 29.1. The van der Waals surface area contributed by atoms with Crippen LogP contribution in [-0.2, 0) is 6.18 Å².